The Morgan fingerprint density at radius 2 is 2.35 bits per heavy atom. The zero-order valence-corrected chi connectivity index (χ0v) is 9.67. The number of carboxylic acid groups (broad SMARTS) is 1. The summed E-state index contributed by atoms with van der Waals surface area (Å²) in [7, 11) is 0. The number of likely N-dealkylation sites (tertiary alicyclic amines) is 1. The van der Waals surface area contributed by atoms with Crippen LogP contribution in [0.2, 0.25) is 0 Å². The maximum absolute atomic E-state index is 12.0. The maximum atomic E-state index is 12.0. The van der Waals surface area contributed by atoms with Crippen LogP contribution in [0.5, 0.6) is 0 Å². The molecule has 0 spiro atoms. The molecule has 1 atom stereocenters. The fourth-order valence-corrected chi connectivity index (χ4v) is 1.96. The van der Waals surface area contributed by atoms with Crippen molar-refractivity contribution in [3.63, 3.8) is 0 Å². The van der Waals surface area contributed by atoms with Crippen LogP contribution in [0.15, 0.2) is 12.3 Å². The smallest absolute Gasteiger partial charge is 0.308 e. The minimum atomic E-state index is -0.834. The summed E-state index contributed by atoms with van der Waals surface area (Å²) in [5, 5.41) is 13.0. The Kier molecular flexibility index (Phi) is 3.12. The van der Waals surface area contributed by atoms with Crippen LogP contribution >= 0.6 is 0 Å². The van der Waals surface area contributed by atoms with Gasteiger partial charge < -0.3 is 10.0 Å². The van der Waals surface area contributed by atoms with E-state index < -0.39 is 11.9 Å². The first kappa shape index (κ1) is 11.6. The van der Waals surface area contributed by atoms with E-state index in [1.807, 2.05) is 6.92 Å². The third-order valence-electron chi connectivity index (χ3n) is 3.01. The van der Waals surface area contributed by atoms with Gasteiger partial charge in [-0.25, -0.2) is 0 Å². The average molecular weight is 237 g/mol. The van der Waals surface area contributed by atoms with Crippen LogP contribution in [0.1, 0.15) is 23.8 Å². The standard InChI is InChI=1S/C11H15N3O3/c1-2-14-6-4-9(12-14)10(15)13-5-3-8(7-13)11(16)17/h4,6,8H,2-3,5,7H2,1H3,(H,16,17)/t8-/m1/s1. The number of aromatic nitrogens is 2. The second-order valence-electron chi connectivity index (χ2n) is 4.13. The first-order valence-corrected chi connectivity index (χ1v) is 5.67. The highest BCUT2D eigenvalue weighted by molar-refractivity contribution is 5.92. The maximum Gasteiger partial charge on any atom is 0.308 e. The van der Waals surface area contributed by atoms with Crippen molar-refractivity contribution in [2.24, 2.45) is 5.92 Å². The number of aliphatic carboxylic acids is 1. The van der Waals surface area contributed by atoms with Crippen LogP contribution in [-0.2, 0) is 11.3 Å². The average Bonchev–Trinajstić information content (AvgIpc) is 2.97. The van der Waals surface area contributed by atoms with Gasteiger partial charge in [-0.05, 0) is 19.4 Å². The molecule has 1 aromatic rings. The molecule has 0 radical (unpaired) electrons. The summed E-state index contributed by atoms with van der Waals surface area (Å²) in [6.07, 6.45) is 2.27. The molecule has 1 saturated heterocycles. The summed E-state index contributed by atoms with van der Waals surface area (Å²) in [4.78, 5) is 24.4. The Hall–Kier alpha value is -1.85. The van der Waals surface area contributed by atoms with Gasteiger partial charge in [0.25, 0.3) is 5.91 Å². The number of carboxylic acids is 1. The highest BCUT2D eigenvalue weighted by atomic mass is 16.4. The molecule has 1 fully saturated rings. The van der Waals surface area contributed by atoms with Crippen molar-refractivity contribution in [1.82, 2.24) is 14.7 Å². The Bertz CT molecular complexity index is 441. The van der Waals surface area contributed by atoms with Gasteiger partial charge in [0.05, 0.1) is 5.92 Å². The van der Waals surface area contributed by atoms with Crippen molar-refractivity contribution in [1.29, 1.82) is 0 Å². The van der Waals surface area contributed by atoms with Crippen LogP contribution < -0.4 is 0 Å². The molecule has 1 aliphatic rings. The minimum absolute atomic E-state index is 0.180. The number of carbonyl (C=O) groups excluding carboxylic acids is 1. The van der Waals surface area contributed by atoms with Crippen molar-refractivity contribution in [2.45, 2.75) is 19.9 Å². The summed E-state index contributed by atoms with van der Waals surface area (Å²) in [5.41, 5.74) is 0.387. The normalized spacial score (nSPS) is 19.6. The molecule has 0 saturated carbocycles. The first-order valence-electron chi connectivity index (χ1n) is 5.67. The van der Waals surface area contributed by atoms with E-state index in [-0.39, 0.29) is 12.5 Å². The molecule has 0 bridgehead atoms. The summed E-state index contributed by atoms with van der Waals surface area (Å²) < 4.78 is 1.68. The molecule has 0 aliphatic carbocycles. The third kappa shape index (κ3) is 2.30. The third-order valence-corrected chi connectivity index (χ3v) is 3.01. The zero-order valence-electron chi connectivity index (χ0n) is 9.67. The lowest BCUT2D eigenvalue weighted by atomic mass is 10.1. The number of amides is 1. The molecular weight excluding hydrogens is 222 g/mol. The van der Waals surface area contributed by atoms with Crippen molar-refractivity contribution in [3.8, 4) is 0 Å². The quantitative estimate of drug-likeness (QED) is 0.828. The van der Waals surface area contributed by atoms with E-state index in [0.717, 1.165) is 0 Å². The number of aryl methyl sites for hydroxylation is 1. The molecule has 2 rings (SSSR count). The van der Waals surface area contributed by atoms with E-state index in [4.69, 9.17) is 5.11 Å². The lowest BCUT2D eigenvalue weighted by Crippen LogP contribution is -2.30. The van der Waals surface area contributed by atoms with E-state index in [1.54, 1.807) is 21.8 Å². The van der Waals surface area contributed by atoms with E-state index >= 15 is 0 Å². The van der Waals surface area contributed by atoms with Crippen LogP contribution in [0.3, 0.4) is 0 Å². The molecular formula is C11H15N3O3. The predicted octanol–water partition coefficient (Wildman–Crippen LogP) is 0.450. The topological polar surface area (TPSA) is 75.4 Å². The highest BCUT2D eigenvalue weighted by Crippen LogP contribution is 2.18. The fraction of sp³-hybridized carbons (Fsp3) is 0.545. The van der Waals surface area contributed by atoms with Crippen molar-refractivity contribution >= 4 is 11.9 Å². The van der Waals surface area contributed by atoms with Crippen molar-refractivity contribution < 1.29 is 14.7 Å². The minimum Gasteiger partial charge on any atom is -0.481 e. The van der Waals surface area contributed by atoms with E-state index in [9.17, 15) is 9.59 Å². The molecule has 6 nitrogen and oxygen atoms in total. The Labute approximate surface area is 98.8 Å². The van der Waals surface area contributed by atoms with E-state index in [1.165, 1.54) is 0 Å². The molecule has 0 aromatic carbocycles. The highest BCUT2D eigenvalue weighted by Gasteiger charge is 2.31. The monoisotopic (exact) mass is 237 g/mol. The number of hydrogen-bond donors (Lipinski definition) is 1. The second kappa shape index (κ2) is 4.57. The van der Waals surface area contributed by atoms with Gasteiger partial charge >= 0.3 is 5.97 Å². The Morgan fingerprint density at radius 3 is 2.88 bits per heavy atom. The van der Waals surface area contributed by atoms with Crippen LogP contribution in [0, 0.1) is 5.92 Å². The summed E-state index contributed by atoms with van der Waals surface area (Å²) in [6, 6.07) is 1.67. The van der Waals surface area contributed by atoms with Crippen molar-refractivity contribution in [2.75, 3.05) is 13.1 Å². The van der Waals surface area contributed by atoms with Gasteiger partial charge in [-0.3, -0.25) is 14.3 Å². The summed E-state index contributed by atoms with van der Waals surface area (Å²) in [5.74, 6) is -1.45. The Balaban J connectivity index is 2.04. The molecule has 1 amide bonds. The Morgan fingerprint density at radius 1 is 1.59 bits per heavy atom. The van der Waals surface area contributed by atoms with E-state index in [0.29, 0.717) is 25.2 Å². The second-order valence-corrected chi connectivity index (χ2v) is 4.13. The summed E-state index contributed by atoms with van der Waals surface area (Å²) >= 11 is 0. The number of nitrogens with zero attached hydrogens (tertiary/aromatic N) is 3. The molecule has 1 N–H and O–H groups in total. The SMILES string of the molecule is CCn1ccc(C(=O)N2CC[C@@H](C(=O)O)C2)n1. The van der Waals surface area contributed by atoms with Gasteiger partial charge in [-0.2, -0.15) is 5.10 Å². The van der Waals surface area contributed by atoms with Crippen LogP contribution in [-0.4, -0.2) is 44.8 Å². The van der Waals surface area contributed by atoms with Crippen LogP contribution in [0.25, 0.3) is 0 Å². The molecule has 0 unspecified atom stereocenters. The zero-order chi connectivity index (χ0) is 12.4. The predicted molar refractivity (Wildman–Crippen MR) is 59.5 cm³/mol. The lowest BCUT2D eigenvalue weighted by molar-refractivity contribution is -0.141. The van der Waals surface area contributed by atoms with E-state index in [2.05, 4.69) is 5.10 Å². The van der Waals surface area contributed by atoms with Crippen LogP contribution in [0.4, 0.5) is 0 Å². The largest absolute Gasteiger partial charge is 0.481 e. The van der Waals surface area contributed by atoms with Gasteiger partial charge in [0, 0.05) is 25.8 Å². The lowest BCUT2D eigenvalue weighted by Gasteiger charge is -2.13. The molecule has 6 heteroatoms. The molecule has 1 aromatic heterocycles. The van der Waals surface area contributed by atoms with Crippen molar-refractivity contribution in [3.05, 3.63) is 18.0 Å². The number of hydrogen-bond acceptors (Lipinski definition) is 3. The molecule has 17 heavy (non-hydrogen) atoms. The van der Waals surface area contributed by atoms with Gasteiger partial charge in [0.1, 0.15) is 5.69 Å². The number of carbonyl (C=O) groups is 2. The molecule has 2 heterocycles. The fourth-order valence-electron chi connectivity index (χ4n) is 1.96. The van der Waals surface area contributed by atoms with Gasteiger partial charge in [0.2, 0.25) is 0 Å². The van der Waals surface area contributed by atoms with Gasteiger partial charge in [-0.15, -0.1) is 0 Å². The van der Waals surface area contributed by atoms with Gasteiger partial charge in [-0.1, -0.05) is 0 Å². The summed E-state index contributed by atoms with van der Waals surface area (Å²) in [6.45, 7) is 3.44. The number of rotatable bonds is 3. The molecule has 1 aliphatic heterocycles. The van der Waals surface area contributed by atoms with Gasteiger partial charge in [0.15, 0.2) is 0 Å². The first-order chi connectivity index (χ1) is 8.11. The molecule has 92 valence electrons.